The molecule has 1 amide bonds. The Morgan fingerprint density at radius 1 is 0.957 bits per heavy atom. The number of anilines is 2. The van der Waals surface area contributed by atoms with Crippen LogP contribution >= 0.6 is 0 Å². The Morgan fingerprint density at radius 2 is 1.57 bits per heavy atom. The largest absolute Gasteiger partial charge is 0.378 e. The van der Waals surface area contributed by atoms with Crippen LogP contribution in [-0.2, 0) is 10.2 Å². The fraction of sp³-hybridized carbons (Fsp3) is 0.350. The van der Waals surface area contributed by atoms with Gasteiger partial charge >= 0.3 is 0 Å². The Morgan fingerprint density at radius 3 is 2.13 bits per heavy atom. The lowest BCUT2D eigenvalue weighted by molar-refractivity contribution is -0.121. The molecule has 2 aromatic rings. The number of nitrogens with zero attached hydrogens (tertiary/aromatic N) is 1. The Bertz CT molecular complexity index is 656. The van der Waals surface area contributed by atoms with Crippen LogP contribution < -0.4 is 10.2 Å². The summed E-state index contributed by atoms with van der Waals surface area (Å²) in [6.45, 7) is 0. The molecule has 0 saturated heterocycles. The number of rotatable bonds is 4. The molecule has 0 radical (unpaired) electrons. The Kier molecular flexibility index (Phi) is 4.37. The van der Waals surface area contributed by atoms with Gasteiger partial charge in [0.2, 0.25) is 5.91 Å². The van der Waals surface area contributed by atoms with Gasteiger partial charge in [0.15, 0.2) is 0 Å². The van der Waals surface area contributed by atoms with Gasteiger partial charge in [-0.3, -0.25) is 4.79 Å². The van der Waals surface area contributed by atoms with Crippen molar-refractivity contribution in [3.05, 3.63) is 60.2 Å². The maximum atomic E-state index is 13.0. The molecule has 2 aromatic carbocycles. The number of hydrogen-bond acceptors (Lipinski definition) is 2. The summed E-state index contributed by atoms with van der Waals surface area (Å²) in [6, 6.07) is 18.2. The Labute approximate surface area is 138 Å². The molecule has 3 heteroatoms. The zero-order valence-electron chi connectivity index (χ0n) is 13.9. The lowest BCUT2D eigenvalue weighted by Crippen LogP contribution is -2.37. The van der Waals surface area contributed by atoms with Gasteiger partial charge in [0.05, 0.1) is 5.41 Å². The van der Waals surface area contributed by atoms with Crippen molar-refractivity contribution in [3.63, 3.8) is 0 Å². The van der Waals surface area contributed by atoms with Crippen LogP contribution in [0.5, 0.6) is 0 Å². The molecule has 1 fully saturated rings. The van der Waals surface area contributed by atoms with Gasteiger partial charge in [-0.05, 0) is 42.7 Å². The lowest BCUT2D eigenvalue weighted by Gasteiger charge is -2.28. The van der Waals surface area contributed by atoms with Crippen molar-refractivity contribution in [3.8, 4) is 0 Å². The van der Waals surface area contributed by atoms with Crippen LogP contribution in [0.15, 0.2) is 54.6 Å². The van der Waals surface area contributed by atoms with Gasteiger partial charge in [0.25, 0.3) is 0 Å². The fourth-order valence-corrected chi connectivity index (χ4v) is 3.48. The van der Waals surface area contributed by atoms with Gasteiger partial charge in [-0.1, -0.05) is 43.2 Å². The van der Waals surface area contributed by atoms with E-state index in [0.717, 1.165) is 42.6 Å². The zero-order chi connectivity index (χ0) is 16.3. The van der Waals surface area contributed by atoms with Gasteiger partial charge < -0.3 is 10.2 Å². The molecular formula is C20H24N2O. The van der Waals surface area contributed by atoms with E-state index in [-0.39, 0.29) is 11.3 Å². The van der Waals surface area contributed by atoms with E-state index in [1.807, 2.05) is 61.5 Å². The average molecular weight is 308 g/mol. The maximum Gasteiger partial charge on any atom is 0.235 e. The second-order valence-electron chi connectivity index (χ2n) is 6.55. The van der Waals surface area contributed by atoms with Crippen LogP contribution in [0.3, 0.4) is 0 Å². The molecule has 1 aliphatic rings. The first kappa shape index (κ1) is 15.6. The van der Waals surface area contributed by atoms with Crippen LogP contribution in [0.25, 0.3) is 0 Å². The second kappa shape index (κ2) is 6.45. The zero-order valence-corrected chi connectivity index (χ0v) is 13.9. The molecule has 0 bridgehead atoms. The van der Waals surface area contributed by atoms with Crippen molar-refractivity contribution in [1.82, 2.24) is 0 Å². The van der Waals surface area contributed by atoms with Crippen molar-refractivity contribution >= 4 is 17.3 Å². The van der Waals surface area contributed by atoms with Gasteiger partial charge in [-0.2, -0.15) is 0 Å². The topological polar surface area (TPSA) is 32.3 Å². The smallest absolute Gasteiger partial charge is 0.235 e. The van der Waals surface area contributed by atoms with Gasteiger partial charge in [-0.15, -0.1) is 0 Å². The number of nitrogens with one attached hydrogen (secondary N) is 1. The third kappa shape index (κ3) is 3.09. The van der Waals surface area contributed by atoms with Crippen molar-refractivity contribution in [2.45, 2.75) is 31.1 Å². The first-order chi connectivity index (χ1) is 11.1. The van der Waals surface area contributed by atoms with Crippen LogP contribution in [-0.4, -0.2) is 20.0 Å². The van der Waals surface area contributed by atoms with E-state index in [2.05, 4.69) is 17.4 Å². The summed E-state index contributed by atoms with van der Waals surface area (Å²) in [5.41, 5.74) is 2.76. The summed E-state index contributed by atoms with van der Waals surface area (Å²) in [7, 11) is 4.02. The average Bonchev–Trinajstić information content (AvgIpc) is 3.07. The number of benzene rings is 2. The highest BCUT2D eigenvalue weighted by Crippen LogP contribution is 2.42. The van der Waals surface area contributed by atoms with Crippen LogP contribution in [0.1, 0.15) is 31.2 Å². The quantitative estimate of drug-likeness (QED) is 0.918. The highest BCUT2D eigenvalue weighted by molar-refractivity contribution is 5.99. The molecule has 1 N–H and O–H groups in total. The monoisotopic (exact) mass is 308 g/mol. The molecule has 0 aliphatic heterocycles. The summed E-state index contributed by atoms with van der Waals surface area (Å²) in [5, 5.41) is 3.13. The predicted octanol–water partition coefficient (Wildman–Crippen LogP) is 4.20. The molecule has 120 valence electrons. The fourth-order valence-electron chi connectivity index (χ4n) is 3.48. The van der Waals surface area contributed by atoms with Crippen molar-refractivity contribution in [2.75, 3.05) is 24.3 Å². The lowest BCUT2D eigenvalue weighted by atomic mass is 9.78. The third-order valence-electron chi connectivity index (χ3n) is 4.86. The summed E-state index contributed by atoms with van der Waals surface area (Å²) in [6.07, 6.45) is 4.08. The van der Waals surface area contributed by atoms with Crippen molar-refractivity contribution in [1.29, 1.82) is 0 Å². The number of amides is 1. The molecule has 0 heterocycles. The first-order valence-electron chi connectivity index (χ1n) is 8.26. The number of hydrogen-bond donors (Lipinski definition) is 1. The van der Waals surface area contributed by atoms with Gasteiger partial charge in [-0.25, -0.2) is 0 Å². The second-order valence-corrected chi connectivity index (χ2v) is 6.55. The molecular weight excluding hydrogens is 284 g/mol. The molecule has 1 saturated carbocycles. The van der Waals surface area contributed by atoms with Crippen LogP contribution in [0, 0.1) is 0 Å². The maximum absolute atomic E-state index is 13.0. The Balaban J connectivity index is 1.82. The predicted molar refractivity (Wildman–Crippen MR) is 96.0 cm³/mol. The minimum atomic E-state index is -0.374. The van der Waals surface area contributed by atoms with Gasteiger partial charge in [0.1, 0.15) is 0 Å². The molecule has 0 unspecified atom stereocenters. The normalized spacial score (nSPS) is 16.1. The van der Waals surface area contributed by atoms with E-state index < -0.39 is 0 Å². The summed E-state index contributed by atoms with van der Waals surface area (Å²) >= 11 is 0. The number of carbonyl (C=O) groups excluding carboxylic acids is 1. The van der Waals surface area contributed by atoms with Crippen molar-refractivity contribution < 1.29 is 4.79 Å². The van der Waals surface area contributed by atoms with Crippen LogP contribution in [0.2, 0.25) is 0 Å². The molecule has 23 heavy (non-hydrogen) atoms. The SMILES string of the molecule is CN(C)c1ccc(NC(=O)C2(c3ccccc3)CCCC2)cc1. The molecule has 0 aromatic heterocycles. The van der Waals surface area contributed by atoms with Crippen molar-refractivity contribution in [2.24, 2.45) is 0 Å². The molecule has 0 atom stereocenters. The van der Waals surface area contributed by atoms with E-state index in [1.165, 1.54) is 0 Å². The highest BCUT2D eigenvalue weighted by atomic mass is 16.2. The van der Waals surface area contributed by atoms with Gasteiger partial charge in [0, 0.05) is 25.5 Å². The summed E-state index contributed by atoms with van der Waals surface area (Å²) in [5.74, 6) is 0.124. The van der Waals surface area contributed by atoms with E-state index in [9.17, 15) is 4.79 Å². The summed E-state index contributed by atoms with van der Waals surface area (Å²) in [4.78, 5) is 15.1. The van der Waals surface area contributed by atoms with E-state index in [1.54, 1.807) is 0 Å². The minimum Gasteiger partial charge on any atom is -0.378 e. The highest BCUT2D eigenvalue weighted by Gasteiger charge is 2.42. The minimum absolute atomic E-state index is 0.124. The van der Waals surface area contributed by atoms with Crippen LogP contribution in [0.4, 0.5) is 11.4 Å². The van der Waals surface area contributed by atoms with E-state index in [0.29, 0.717) is 0 Å². The molecule has 3 nitrogen and oxygen atoms in total. The molecule has 1 aliphatic carbocycles. The summed E-state index contributed by atoms with van der Waals surface area (Å²) < 4.78 is 0. The molecule has 0 spiro atoms. The molecule has 3 rings (SSSR count). The van der Waals surface area contributed by atoms with E-state index in [4.69, 9.17) is 0 Å². The standard InChI is InChI=1S/C20H24N2O/c1-22(2)18-12-10-17(11-13-18)21-19(23)20(14-6-7-15-20)16-8-4-3-5-9-16/h3-5,8-13H,6-7,14-15H2,1-2H3,(H,21,23). The first-order valence-corrected chi connectivity index (χ1v) is 8.26. The van der Waals surface area contributed by atoms with E-state index >= 15 is 0 Å². The number of carbonyl (C=O) groups is 1. The third-order valence-corrected chi connectivity index (χ3v) is 4.86. The Hall–Kier alpha value is -2.29.